The first-order valence-electron chi connectivity index (χ1n) is 4.11. The molecule has 0 saturated heterocycles. The van der Waals surface area contributed by atoms with Crippen LogP contribution in [0.25, 0.3) is 0 Å². The van der Waals surface area contributed by atoms with Crippen molar-refractivity contribution in [2.75, 3.05) is 6.61 Å². The van der Waals surface area contributed by atoms with Crippen molar-refractivity contribution in [2.24, 2.45) is 4.99 Å². The van der Waals surface area contributed by atoms with Gasteiger partial charge in [-0.15, -0.1) is 0 Å². The van der Waals surface area contributed by atoms with Gasteiger partial charge in [0, 0.05) is 0 Å². The Kier molecular flexibility index (Phi) is 2.08. The van der Waals surface area contributed by atoms with Gasteiger partial charge in [-0.25, -0.2) is 4.99 Å². The Balaban J connectivity index is 2.21. The number of hydrogen-bond acceptors (Lipinski definition) is 3. The molecule has 0 radical (unpaired) electrons. The molecule has 3 heteroatoms. The molecule has 1 unspecified atom stereocenters. The molecule has 0 bridgehead atoms. The van der Waals surface area contributed by atoms with Gasteiger partial charge in [0.15, 0.2) is 0 Å². The van der Waals surface area contributed by atoms with Crippen LogP contribution in [0.15, 0.2) is 35.3 Å². The molecule has 0 aliphatic carbocycles. The van der Waals surface area contributed by atoms with Crippen LogP contribution in [-0.2, 0) is 9.53 Å². The number of hydrogen-bond donors (Lipinski definition) is 0. The Morgan fingerprint density at radius 2 is 2.15 bits per heavy atom. The maximum Gasteiger partial charge on any atom is 0.250 e. The first-order chi connectivity index (χ1) is 6.40. The predicted molar refractivity (Wildman–Crippen MR) is 48.6 cm³/mol. The summed E-state index contributed by atoms with van der Waals surface area (Å²) in [7, 11) is 0. The SMILES string of the molecule is O=CC1=NC(c2ccccc2)CO1. The molecule has 13 heavy (non-hydrogen) atoms. The molecule has 1 aromatic carbocycles. The summed E-state index contributed by atoms with van der Waals surface area (Å²) in [5, 5.41) is 0. The standard InChI is InChI=1S/C10H9NO2/c12-6-10-11-9(7-13-10)8-4-2-1-3-5-8/h1-6,9H,7H2. The molecule has 1 aliphatic heterocycles. The van der Waals surface area contributed by atoms with Crippen molar-refractivity contribution in [3.63, 3.8) is 0 Å². The van der Waals surface area contributed by atoms with Crippen molar-refractivity contribution >= 4 is 12.2 Å². The number of rotatable bonds is 2. The van der Waals surface area contributed by atoms with Gasteiger partial charge in [0.1, 0.15) is 12.6 Å². The van der Waals surface area contributed by atoms with Gasteiger partial charge in [-0.05, 0) is 5.56 Å². The third-order valence-corrected chi connectivity index (χ3v) is 1.96. The number of ether oxygens (including phenoxy) is 1. The Bertz CT molecular complexity index is 332. The quantitative estimate of drug-likeness (QED) is 0.636. The number of carbonyl (C=O) groups is 1. The van der Waals surface area contributed by atoms with E-state index >= 15 is 0 Å². The summed E-state index contributed by atoms with van der Waals surface area (Å²) in [6.07, 6.45) is 0.642. The molecule has 0 aromatic heterocycles. The first-order valence-corrected chi connectivity index (χ1v) is 4.11. The van der Waals surface area contributed by atoms with E-state index < -0.39 is 0 Å². The maximum atomic E-state index is 10.3. The van der Waals surface area contributed by atoms with E-state index in [1.807, 2.05) is 30.3 Å². The lowest BCUT2D eigenvalue weighted by atomic mass is 10.1. The average molecular weight is 175 g/mol. The molecule has 66 valence electrons. The first kappa shape index (κ1) is 7.98. The van der Waals surface area contributed by atoms with Crippen molar-refractivity contribution in [3.05, 3.63) is 35.9 Å². The number of aliphatic imine (C=N–C) groups is 1. The van der Waals surface area contributed by atoms with Crippen LogP contribution in [0.5, 0.6) is 0 Å². The smallest absolute Gasteiger partial charge is 0.250 e. The van der Waals surface area contributed by atoms with E-state index in [0.717, 1.165) is 5.56 Å². The third kappa shape index (κ3) is 1.59. The Morgan fingerprint density at radius 1 is 1.38 bits per heavy atom. The summed E-state index contributed by atoms with van der Waals surface area (Å²) in [5.74, 6) is 0.203. The number of benzene rings is 1. The van der Waals surface area contributed by atoms with E-state index in [1.165, 1.54) is 0 Å². The van der Waals surface area contributed by atoms with Crippen LogP contribution in [0.4, 0.5) is 0 Å². The average Bonchev–Trinajstić information content (AvgIpc) is 2.67. The molecule has 0 saturated carbocycles. The van der Waals surface area contributed by atoms with E-state index in [0.29, 0.717) is 12.9 Å². The van der Waals surface area contributed by atoms with Crippen LogP contribution in [0.3, 0.4) is 0 Å². The van der Waals surface area contributed by atoms with Crippen molar-refractivity contribution in [2.45, 2.75) is 6.04 Å². The van der Waals surface area contributed by atoms with E-state index in [9.17, 15) is 4.79 Å². The highest BCUT2D eigenvalue weighted by atomic mass is 16.5. The topological polar surface area (TPSA) is 38.7 Å². The molecule has 1 aliphatic rings. The number of aldehydes is 1. The van der Waals surface area contributed by atoms with Crippen LogP contribution in [0, 0.1) is 0 Å². The van der Waals surface area contributed by atoms with Crippen LogP contribution < -0.4 is 0 Å². The lowest BCUT2D eigenvalue weighted by Gasteiger charge is -2.03. The van der Waals surface area contributed by atoms with Crippen LogP contribution >= 0.6 is 0 Å². The van der Waals surface area contributed by atoms with Crippen molar-refractivity contribution in [1.82, 2.24) is 0 Å². The Labute approximate surface area is 76.1 Å². The number of carbonyl (C=O) groups excluding carboxylic acids is 1. The monoisotopic (exact) mass is 175 g/mol. The second kappa shape index (κ2) is 3.39. The van der Waals surface area contributed by atoms with Gasteiger partial charge in [-0.1, -0.05) is 30.3 Å². The number of nitrogens with zero attached hydrogens (tertiary/aromatic N) is 1. The highest BCUT2D eigenvalue weighted by Gasteiger charge is 2.19. The highest BCUT2D eigenvalue weighted by Crippen LogP contribution is 2.21. The zero-order valence-electron chi connectivity index (χ0n) is 7.01. The van der Waals surface area contributed by atoms with Gasteiger partial charge in [-0.2, -0.15) is 0 Å². The summed E-state index contributed by atoms with van der Waals surface area (Å²) in [4.78, 5) is 14.4. The lowest BCUT2D eigenvalue weighted by molar-refractivity contribution is -0.103. The molecule has 2 rings (SSSR count). The molecule has 0 fully saturated rings. The minimum absolute atomic E-state index is 0.0126. The highest BCUT2D eigenvalue weighted by molar-refractivity contribution is 6.24. The van der Waals surface area contributed by atoms with Gasteiger partial charge in [0.25, 0.3) is 5.90 Å². The molecule has 0 spiro atoms. The molecule has 1 heterocycles. The Hall–Kier alpha value is -1.64. The van der Waals surface area contributed by atoms with E-state index in [4.69, 9.17) is 4.74 Å². The fraction of sp³-hybridized carbons (Fsp3) is 0.200. The Morgan fingerprint density at radius 3 is 2.77 bits per heavy atom. The molecule has 0 amide bonds. The molecule has 0 N–H and O–H groups in total. The third-order valence-electron chi connectivity index (χ3n) is 1.96. The minimum atomic E-state index is -0.0126. The predicted octanol–water partition coefficient (Wildman–Crippen LogP) is 1.36. The summed E-state index contributed by atoms with van der Waals surface area (Å²) < 4.78 is 5.05. The van der Waals surface area contributed by atoms with Gasteiger partial charge in [-0.3, -0.25) is 4.79 Å². The zero-order valence-corrected chi connectivity index (χ0v) is 7.01. The van der Waals surface area contributed by atoms with E-state index in [2.05, 4.69) is 4.99 Å². The molecule has 1 aromatic rings. The van der Waals surface area contributed by atoms with E-state index in [-0.39, 0.29) is 11.9 Å². The molecule has 3 nitrogen and oxygen atoms in total. The molecular formula is C10H9NO2. The second-order valence-electron chi connectivity index (χ2n) is 2.82. The van der Waals surface area contributed by atoms with Crippen molar-refractivity contribution < 1.29 is 9.53 Å². The fourth-order valence-electron chi connectivity index (χ4n) is 1.30. The van der Waals surface area contributed by atoms with Crippen molar-refractivity contribution in [1.29, 1.82) is 0 Å². The van der Waals surface area contributed by atoms with E-state index in [1.54, 1.807) is 0 Å². The zero-order chi connectivity index (χ0) is 9.10. The summed E-state index contributed by atoms with van der Waals surface area (Å²) in [6, 6.07) is 9.79. The lowest BCUT2D eigenvalue weighted by Crippen LogP contribution is -1.99. The van der Waals surface area contributed by atoms with Gasteiger partial charge < -0.3 is 4.74 Å². The van der Waals surface area contributed by atoms with Gasteiger partial charge in [0.2, 0.25) is 6.29 Å². The minimum Gasteiger partial charge on any atom is -0.473 e. The fourth-order valence-corrected chi connectivity index (χ4v) is 1.30. The molecular weight excluding hydrogens is 166 g/mol. The largest absolute Gasteiger partial charge is 0.473 e. The summed E-state index contributed by atoms with van der Waals surface area (Å²) in [5.41, 5.74) is 1.08. The van der Waals surface area contributed by atoms with Crippen LogP contribution in [-0.4, -0.2) is 18.8 Å². The normalized spacial score (nSPS) is 20.6. The maximum absolute atomic E-state index is 10.3. The second-order valence-corrected chi connectivity index (χ2v) is 2.82. The van der Waals surface area contributed by atoms with Gasteiger partial charge >= 0.3 is 0 Å². The molecule has 1 atom stereocenters. The van der Waals surface area contributed by atoms with Crippen molar-refractivity contribution in [3.8, 4) is 0 Å². The van der Waals surface area contributed by atoms with Crippen LogP contribution in [0.1, 0.15) is 11.6 Å². The van der Waals surface area contributed by atoms with Gasteiger partial charge in [0.05, 0.1) is 0 Å². The van der Waals surface area contributed by atoms with Crippen LogP contribution in [0.2, 0.25) is 0 Å². The summed E-state index contributed by atoms with van der Waals surface area (Å²) in [6.45, 7) is 0.470. The summed E-state index contributed by atoms with van der Waals surface area (Å²) >= 11 is 0.